The van der Waals surface area contributed by atoms with Crippen LogP contribution in [0.25, 0.3) is 0 Å². The molecule has 1 aromatic carbocycles. The number of anilines is 2. The van der Waals surface area contributed by atoms with Crippen LogP contribution >= 0.6 is 22.9 Å². The third kappa shape index (κ3) is 2.51. The van der Waals surface area contributed by atoms with Crippen molar-refractivity contribution in [1.29, 1.82) is 0 Å². The van der Waals surface area contributed by atoms with Crippen LogP contribution in [-0.4, -0.2) is 22.0 Å². The van der Waals surface area contributed by atoms with Gasteiger partial charge >= 0.3 is 0 Å². The Morgan fingerprint density at radius 1 is 1.30 bits per heavy atom. The van der Waals surface area contributed by atoms with Gasteiger partial charge < -0.3 is 4.90 Å². The lowest BCUT2D eigenvalue weighted by Crippen LogP contribution is -2.14. The lowest BCUT2D eigenvalue weighted by Gasteiger charge is -2.13. The zero-order chi connectivity index (χ0) is 14.3. The fraction of sp³-hybridized carbons (Fsp3) is 0.231. The van der Waals surface area contributed by atoms with Crippen molar-refractivity contribution in [3.05, 3.63) is 40.2 Å². The molecule has 0 unspecified atom stereocenters. The van der Waals surface area contributed by atoms with Gasteiger partial charge in [-0.1, -0.05) is 17.7 Å². The van der Waals surface area contributed by atoms with Gasteiger partial charge in [0.2, 0.25) is 0 Å². The molecule has 1 aromatic heterocycles. The van der Waals surface area contributed by atoms with Crippen molar-refractivity contribution in [1.82, 2.24) is 0 Å². The Kier molecular flexibility index (Phi) is 3.40. The summed E-state index contributed by atoms with van der Waals surface area (Å²) in [6.45, 7) is 0.964. The van der Waals surface area contributed by atoms with E-state index in [0.29, 0.717) is 10.0 Å². The molecule has 106 valence electrons. The summed E-state index contributed by atoms with van der Waals surface area (Å²) in [6.07, 6.45) is 0.999. The van der Waals surface area contributed by atoms with Crippen molar-refractivity contribution < 1.29 is 8.42 Å². The molecule has 1 N–H and O–H groups in total. The second-order valence-electron chi connectivity index (χ2n) is 4.68. The van der Waals surface area contributed by atoms with E-state index in [2.05, 4.69) is 9.62 Å². The Bertz CT molecular complexity index is 755. The van der Waals surface area contributed by atoms with E-state index in [-0.39, 0.29) is 4.21 Å². The maximum atomic E-state index is 12.2. The molecule has 3 rings (SSSR count). The van der Waals surface area contributed by atoms with E-state index in [4.69, 9.17) is 11.6 Å². The molecule has 2 heterocycles. The Morgan fingerprint density at radius 3 is 2.80 bits per heavy atom. The summed E-state index contributed by atoms with van der Waals surface area (Å²) < 4.78 is 27.7. The molecule has 4 nitrogen and oxygen atoms in total. The summed E-state index contributed by atoms with van der Waals surface area (Å²) in [5.74, 6) is 0. The van der Waals surface area contributed by atoms with Crippen LogP contribution in [0.15, 0.2) is 34.5 Å². The molecule has 0 fully saturated rings. The second kappa shape index (κ2) is 4.95. The van der Waals surface area contributed by atoms with Crippen molar-refractivity contribution in [2.75, 3.05) is 23.2 Å². The van der Waals surface area contributed by atoms with Gasteiger partial charge in [-0.15, -0.1) is 11.3 Å². The summed E-state index contributed by atoms with van der Waals surface area (Å²) >= 11 is 6.83. The van der Waals surface area contributed by atoms with Crippen molar-refractivity contribution in [3.8, 4) is 0 Å². The number of hydrogen-bond acceptors (Lipinski definition) is 4. The molecule has 2 aromatic rings. The molecule has 20 heavy (non-hydrogen) atoms. The largest absolute Gasteiger partial charge is 0.374 e. The second-order valence-corrected chi connectivity index (χ2v) is 8.30. The number of benzene rings is 1. The SMILES string of the molecule is CN1CCc2ccc(NS(=O)(=O)c3ccc(Cl)s3)cc21. The zero-order valence-electron chi connectivity index (χ0n) is 10.8. The number of sulfonamides is 1. The van der Waals surface area contributed by atoms with E-state index >= 15 is 0 Å². The molecule has 0 aliphatic carbocycles. The van der Waals surface area contributed by atoms with Gasteiger partial charge in [0.05, 0.1) is 10.0 Å². The van der Waals surface area contributed by atoms with E-state index < -0.39 is 10.0 Å². The van der Waals surface area contributed by atoms with E-state index in [1.807, 2.05) is 19.2 Å². The van der Waals surface area contributed by atoms with Crippen LogP contribution in [0.1, 0.15) is 5.56 Å². The standard InChI is InChI=1S/C13H13ClN2O2S2/c1-16-7-6-9-2-3-10(8-11(9)16)15-20(17,18)13-5-4-12(14)19-13/h2-5,8,15H,6-7H2,1H3. The van der Waals surface area contributed by atoms with Gasteiger partial charge in [-0.25, -0.2) is 8.42 Å². The number of nitrogens with zero attached hydrogens (tertiary/aromatic N) is 1. The molecule has 0 amide bonds. The van der Waals surface area contributed by atoms with Crippen LogP contribution in [0.3, 0.4) is 0 Å². The number of thiophene rings is 1. The smallest absolute Gasteiger partial charge is 0.271 e. The lowest BCUT2D eigenvalue weighted by molar-refractivity contribution is 0.603. The van der Waals surface area contributed by atoms with Crippen LogP contribution in [0.4, 0.5) is 11.4 Å². The maximum Gasteiger partial charge on any atom is 0.271 e. The zero-order valence-corrected chi connectivity index (χ0v) is 13.1. The van der Waals surface area contributed by atoms with Crippen molar-refractivity contribution in [3.63, 3.8) is 0 Å². The van der Waals surface area contributed by atoms with E-state index in [1.165, 1.54) is 11.6 Å². The molecule has 0 saturated carbocycles. The van der Waals surface area contributed by atoms with Gasteiger partial charge in [0, 0.05) is 19.3 Å². The molecule has 0 saturated heterocycles. The number of nitrogens with one attached hydrogen (secondary N) is 1. The first-order valence-electron chi connectivity index (χ1n) is 6.08. The van der Waals surface area contributed by atoms with Gasteiger partial charge in [-0.05, 0) is 36.2 Å². The summed E-state index contributed by atoms with van der Waals surface area (Å²) in [4.78, 5) is 2.12. The van der Waals surface area contributed by atoms with Crippen LogP contribution in [0.2, 0.25) is 4.34 Å². The van der Waals surface area contributed by atoms with Crippen LogP contribution in [0.5, 0.6) is 0 Å². The third-order valence-electron chi connectivity index (χ3n) is 3.28. The molecule has 1 aliphatic rings. The Morgan fingerprint density at radius 2 is 2.10 bits per heavy atom. The number of hydrogen-bond donors (Lipinski definition) is 1. The molecule has 0 atom stereocenters. The first-order valence-corrected chi connectivity index (χ1v) is 8.76. The molecular formula is C13H13ClN2O2S2. The first-order chi connectivity index (χ1) is 9.45. The molecule has 0 spiro atoms. The molecule has 0 bridgehead atoms. The fourth-order valence-electron chi connectivity index (χ4n) is 2.25. The van der Waals surface area contributed by atoms with E-state index in [0.717, 1.165) is 30.0 Å². The topological polar surface area (TPSA) is 49.4 Å². The molecule has 0 radical (unpaired) electrons. The monoisotopic (exact) mass is 328 g/mol. The summed E-state index contributed by atoms with van der Waals surface area (Å²) in [5, 5.41) is 0. The Hall–Kier alpha value is -1.24. The quantitative estimate of drug-likeness (QED) is 0.941. The van der Waals surface area contributed by atoms with Crippen molar-refractivity contribution in [2.45, 2.75) is 10.6 Å². The average molecular weight is 329 g/mol. The van der Waals surface area contributed by atoms with Gasteiger partial charge in [0.25, 0.3) is 10.0 Å². The van der Waals surface area contributed by atoms with Crippen LogP contribution in [0, 0.1) is 0 Å². The highest BCUT2D eigenvalue weighted by atomic mass is 35.5. The van der Waals surface area contributed by atoms with E-state index in [1.54, 1.807) is 12.1 Å². The number of halogens is 1. The number of likely N-dealkylation sites (N-methyl/N-ethyl adjacent to an activating group) is 1. The summed E-state index contributed by atoms with van der Waals surface area (Å²) in [6, 6.07) is 8.73. The summed E-state index contributed by atoms with van der Waals surface area (Å²) in [7, 11) is -1.56. The Labute approximate surface area is 127 Å². The maximum absolute atomic E-state index is 12.2. The predicted octanol–water partition coefficient (Wildman–Crippen LogP) is 3.19. The van der Waals surface area contributed by atoms with Gasteiger partial charge in [0.15, 0.2) is 0 Å². The lowest BCUT2D eigenvalue weighted by atomic mass is 10.1. The first kappa shape index (κ1) is 13.7. The Balaban J connectivity index is 1.90. The van der Waals surface area contributed by atoms with Crippen LogP contribution in [-0.2, 0) is 16.4 Å². The average Bonchev–Trinajstić information content (AvgIpc) is 2.97. The minimum absolute atomic E-state index is 0.219. The van der Waals surface area contributed by atoms with Gasteiger partial charge in [0.1, 0.15) is 4.21 Å². The highest BCUT2D eigenvalue weighted by Gasteiger charge is 2.20. The van der Waals surface area contributed by atoms with Crippen molar-refractivity contribution >= 4 is 44.3 Å². The molecular weight excluding hydrogens is 316 g/mol. The number of rotatable bonds is 3. The molecule has 1 aliphatic heterocycles. The van der Waals surface area contributed by atoms with Crippen molar-refractivity contribution in [2.24, 2.45) is 0 Å². The van der Waals surface area contributed by atoms with E-state index in [9.17, 15) is 8.42 Å². The predicted molar refractivity (Wildman–Crippen MR) is 83.6 cm³/mol. The third-order valence-corrected chi connectivity index (χ3v) is 6.38. The fourth-order valence-corrected chi connectivity index (χ4v) is 4.78. The highest BCUT2D eigenvalue weighted by molar-refractivity contribution is 7.94. The summed E-state index contributed by atoms with van der Waals surface area (Å²) in [5.41, 5.74) is 2.89. The van der Waals surface area contributed by atoms with Crippen LogP contribution < -0.4 is 9.62 Å². The minimum Gasteiger partial charge on any atom is -0.374 e. The van der Waals surface area contributed by atoms with Gasteiger partial charge in [-0.2, -0.15) is 0 Å². The highest BCUT2D eigenvalue weighted by Crippen LogP contribution is 2.32. The van der Waals surface area contributed by atoms with Gasteiger partial charge in [-0.3, -0.25) is 4.72 Å². The normalized spacial score (nSPS) is 14.4. The minimum atomic E-state index is -3.56. The molecule has 7 heteroatoms. The number of fused-ring (bicyclic) bond motifs is 1.